The van der Waals surface area contributed by atoms with E-state index in [2.05, 4.69) is 4.98 Å². The van der Waals surface area contributed by atoms with E-state index >= 15 is 0 Å². The quantitative estimate of drug-likeness (QED) is 0.790. The number of nitrogens with zero attached hydrogens (tertiary/aromatic N) is 4. The summed E-state index contributed by atoms with van der Waals surface area (Å²) >= 11 is 5.99. The Bertz CT molecular complexity index is 832. The predicted octanol–water partition coefficient (Wildman–Crippen LogP) is 2.45. The van der Waals surface area contributed by atoms with Gasteiger partial charge in [0.25, 0.3) is 5.56 Å². The van der Waals surface area contributed by atoms with Crippen molar-refractivity contribution in [1.82, 2.24) is 19.4 Å². The normalized spacial score (nSPS) is 12.6. The second-order valence-electron chi connectivity index (χ2n) is 6.42. The molecule has 0 N–H and O–H groups in total. The molecule has 0 aliphatic rings. The van der Waals surface area contributed by atoms with Crippen molar-refractivity contribution in [2.75, 3.05) is 27.2 Å². The average Bonchev–Trinajstić information content (AvgIpc) is 2.57. The summed E-state index contributed by atoms with van der Waals surface area (Å²) in [6, 6.07) is 4.78. The molecule has 0 saturated heterocycles. The fourth-order valence-corrected chi connectivity index (χ4v) is 2.99. The van der Waals surface area contributed by atoms with Crippen LogP contribution in [0.25, 0.3) is 10.9 Å². The maximum Gasteiger partial charge on any atom is 0.261 e. The van der Waals surface area contributed by atoms with E-state index in [1.165, 1.54) is 4.57 Å². The molecule has 6 nitrogen and oxygen atoms in total. The van der Waals surface area contributed by atoms with Crippen LogP contribution in [0.4, 0.5) is 0 Å². The van der Waals surface area contributed by atoms with Gasteiger partial charge in [0.05, 0.1) is 16.9 Å². The second-order valence-corrected chi connectivity index (χ2v) is 6.85. The first-order valence-electron chi connectivity index (χ1n) is 8.36. The number of benzene rings is 1. The number of likely N-dealkylation sites (N-methyl/N-ethyl adjacent to an activating group) is 1. The maximum absolute atomic E-state index is 12.7. The lowest BCUT2D eigenvalue weighted by Crippen LogP contribution is -2.40. The summed E-state index contributed by atoms with van der Waals surface area (Å²) in [5, 5.41) is 0.980. The molecule has 2 aromatic rings. The number of amides is 1. The first-order chi connectivity index (χ1) is 11.8. The van der Waals surface area contributed by atoms with Gasteiger partial charge in [-0.3, -0.25) is 14.2 Å². The molecule has 7 heteroatoms. The summed E-state index contributed by atoms with van der Waals surface area (Å²) in [5.74, 6) is 0.611. The van der Waals surface area contributed by atoms with E-state index in [4.69, 9.17) is 11.6 Å². The molecule has 1 amide bonds. The van der Waals surface area contributed by atoms with E-state index in [1.54, 1.807) is 30.1 Å². The van der Waals surface area contributed by atoms with E-state index in [1.807, 2.05) is 32.8 Å². The lowest BCUT2D eigenvalue weighted by Gasteiger charge is -2.30. The van der Waals surface area contributed by atoms with Gasteiger partial charge in [0.1, 0.15) is 5.82 Å². The molecular formula is C18H25ClN4O2. The summed E-state index contributed by atoms with van der Waals surface area (Å²) in [7, 11) is 5.61. The Balaban J connectivity index is 2.50. The molecule has 0 radical (unpaired) electrons. The van der Waals surface area contributed by atoms with Gasteiger partial charge >= 0.3 is 0 Å². The van der Waals surface area contributed by atoms with Gasteiger partial charge in [-0.15, -0.1) is 0 Å². The fourth-order valence-electron chi connectivity index (χ4n) is 2.82. The lowest BCUT2D eigenvalue weighted by atomic mass is 10.2. The molecule has 1 atom stereocenters. The summed E-state index contributed by atoms with van der Waals surface area (Å²) in [6.45, 7) is 5.07. The highest BCUT2D eigenvalue weighted by Gasteiger charge is 2.24. The minimum Gasteiger partial charge on any atom is -0.332 e. The van der Waals surface area contributed by atoms with Crippen LogP contribution in [0.2, 0.25) is 5.02 Å². The van der Waals surface area contributed by atoms with Gasteiger partial charge in [0.2, 0.25) is 5.91 Å². The van der Waals surface area contributed by atoms with Crippen LogP contribution in [0, 0.1) is 0 Å². The van der Waals surface area contributed by atoms with Gasteiger partial charge in [-0.1, -0.05) is 18.5 Å². The number of carbonyl (C=O) groups excluding carboxylic acids is 1. The van der Waals surface area contributed by atoms with Gasteiger partial charge in [-0.25, -0.2) is 4.98 Å². The van der Waals surface area contributed by atoms with E-state index in [-0.39, 0.29) is 17.5 Å². The number of aromatic nitrogens is 2. The molecule has 136 valence electrons. The van der Waals surface area contributed by atoms with Crippen LogP contribution >= 0.6 is 11.6 Å². The molecule has 1 aromatic carbocycles. The average molecular weight is 365 g/mol. The first-order valence-corrected chi connectivity index (χ1v) is 8.74. The van der Waals surface area contributed by atoms with Gasteiger partial charge < -0.3 is 9.80 Å². The number of rotatable bonds is 6. The van der Waals surface area contributed by atoms with Gasteiger partial charge in [-0.2, -0.15) is 0 Å². The largest absolute Gasteiger partial charge is 0.332 e. The van der Waals surface area contributed by atoms with Crippen molar-refractivity contribution >= 4 is 28.4 Å². The van der Waals surface area contributed by atoms with Gasteiger partial charge in [-0.05, 0) is 39.2 Å². The highest BCUT2D eigenvalue weighted by atomic mass is 35.5. The number of halogens is 1. The van der Waals surface area contributed by atoms with Crippen LogP contribution in [0.1, 0.15) is 32.1 Å². The van der Waals surface area contributed by atoms with Crippen LogP contribution in [0.3, 0.4) is 0 Å². The number of carbonyl (C=O) groups is 1. The summed E-state index contributed by atoms with van der Waals surface area (Å²) < 4.78 is 1.51. The minimum absolute atomic E-state index is 0.0415. The molecule has 1 aromatic heterocycles. The zero-order valence-corrected chi connectivity index (χ0v) is 16.2. The van der Waals surface area contributed by atoms with E-state index < -0.39 is 0 Å². The highest BCUT2D eigenvalue weighted by molar-refractivity contribution is 6.31. The third-order valence-electron chi connectivity index (χ3n) is 4.32. The molecule has 0 saturated carbocycles. The van der Waals surface area contributed by atoms with Crippen molar-refractivity contribution < 1.29 is 4.79 Å². The molecule has 0 spiro atoms. The number of fused-ring (bicyclic) bond motifs is 1. The summed E-state index contributed by atoms with van der Waals surface area (Å²) in [5.41, 5.74) is 0.428. The molecule has 1 heterocycles. The Hall–Kier alpha value is -1.92. The third kappa shape index (κ3) is 4.19. The summed E-state index contributed by atoms with van der Waals surface area (Å²) in [4.78, 5) is 33.5. The van der Waals surface area contributed by atoms with E-state index in [9.17, 15) is 9.59 Å². The van der Waals surface area contributed by atoms with Crippen molar-refractivity contribution in [3.8, 4) is 0 Å². The van der Waals surface area contributed by atoms with Crippen LogP contribution in [0.5, 0.6) is 0 Å². The standard InChI is InChI=1S/C18H25ClN4O2/c1-6-16(24)23(10-9-21(3)4)12(2)17-20-15-8-7-13(19)11-14(15)18(25)22(17)5/h7-8,11-12H,6,9-10H2,1-5H3. The Morgan fingerprint density at radius 2 is 2.00 bits per heavy atom. The summed E-state index contributed by atoms with van der Waals surface area (Å²) in [6.07, 6.45) is 0.412. The zero-order valence-electron chi connectivity index (χ0n) is 15.4. The van der Waals surface area contributed by atoms with E-state index in [0.717, 1.165) is 6.54 Å². The van der Waals surface area contributed by atoms with Crippen molar-refractivity contribution in [1.29, 1.82) is 0 Å². The molecule has 0 aliphatic carbocycles. The van der Waals surface area contributed by atoms with Crippen molar-refractivity contribution in [3.63, 3.8) is 0 Å². The zero-order chi connectivity index (χ0) is 18.7. The van der Waals surface area contributed by atoms with Crippen LogP contribution < -0.4 is 5.56 Å². The van der Waals surface area contributed by atoms with Crippen molar-refractivity contribution in [2.24, 2.45) is 7.05 Å². The molecule has 0 fully saturated rings. The van der Waals surface area contributed by atoms with E-state index in [0.29, 0.717) is 34.7 Å². The number of hydrogen-bond acceptors (Lipinski definition) is 4. The fraction of sp³-hybridized carbons (Fsp3) is 0.500. The maximum atomic E-state index is 12.7. The van der Waals surface area contributed by atoms with Crippen molar-refractivity contribution in [3.05, 3.63) is 39.4 Å². The Morgan fingerprint density at radius 3 is 2.60 bits per heavy atom. The van der Waals surface area contributed by atoms with Gasteiger partial charge in [0.15, 0.2) is 0 Å². The molecule has 0 bridgehead atoms. The van der Waals surface area contributed by atoms with Crippen molar-refractivity contribution in [2.45, 2.75) is 26.3 Å². The Kier molecular flexibility index (Phi) is 6.19. The smallest absolute Gasteiger partial charge is 0.261 e. The first kappa shape index (κ1) is 19.4. The molecular weight excluding hydrogens is 340 g/mol. The topological polar surface area (TPSA) is 58.4 Å². The van der Waals surface area contributed by atoms with Crippen LogP contribution in [-0.2, 0) is 11.8 Å². The Labute approximate surface area is 153 Å². The third-order valence-corrected chi connectivity index (χ3v) is 4.56. The Morgan fingerprint density at radius 1 is 1.32 bits per heavy atom. The lowest BCUT2D eigenvalue weighted by molar-refractivity contribution is -0.133. The SMILES string of the molecule is CCC(=O)N(CCN(C)C)C(C)c1nc2ccc(Cl)cc2c(=O)n1C. The number of hydrogen-bond donors (Lipinski definition) is 0. The van der Waals surface area contributed by atoms with Crippen LogP contribution in [0.15, 0.2) is 23.0 Å². The minimum atomic E-state index is -0.301. The molecule has 1 unspecified atom stereocenters. The highest BCUT2D eigenvalue weighted by Crippen LogP contribution is 2.21. The monoisotopic (exact) mass is 364 g/mol. The second kappa shape index (κ2) is 7.97. The molecule has 2 rings (SSSR count). The molecule has 0 aliphatic heterocycles. The predicted molar refractivity (Wildman–Crippen MR) is 101 cm³/mol. The molecule has 25 heavy (non-hydrogen) atoms. The van der Waals surface area contributed by atoms with Crippen LogP contribution in [-0.4, -0.2) is 52.4 Å². The van der Waals surface area contributed by atoms with Gasteiger partial charge in [0, 0.05) is 31.6 Å².